The number of non-ortho nitro benzene ring substituents is 1. The van der Waals surface area contributed by atoms with Gasteiger partial charge in [-0.25, -0.2) is 0 Å². The van der Waals surface area contributed by atoms with Crippen LogP contribution in [0, 0.1) is 24.0 Å². The first-order valence-electron chi connectivity index (χ1n) is 8.18. The second-order valence-corrected chi connectivity index (χ2v) is 6.13. The van der Waals surface area contributed by atoms with Crippen LogP contribution < -0.4 is 5.32 Å². The largest absolute Gasteiger partial charge is 0.321 e. The van der Waals surface area contributed by atoms with Gasteiger partial charge in [0.15, 0.2) is 0 Å². The molecule has 5 heteroatoms. The predicted molar refractivity (Wildman–Crippen MR) is 102 cm³/mol. The van der Waals surface area contributed by atoms with E-state index in [1.165, 1.54) is 24.3 Å². The molecule has 0 aliphatic carbocycles. The number of benzene rings is 3. The SMILES string of the molecule is Cc1cccc(-c2cccc(C)c2NC(=O)c2ccc([N+](=O)[O-])cc2)c1. The Labute approximate surface area is 151 Å². The second kappa shape index (κ2) is 7.19. The Balaban J connectivity index is 1.94. The van der Waals surface area contributed by atoms with Crippen LogP contribution in [0.3, 0.4) is 0 Å². The highest BCUT2D eigenvalue weighted by atomic mass is 16.6. The molecule has 3 aromatic rings. The maximum absolute atomic E-state index is 12.6. The maximum atomic E-state index is 12.6. The van der Waals surface area contributed by atoms with Crippen LogP contribution in [-0.2, 0) is 0 Å². The zero-order valence-corrected chi connectivity index (χ0v) is 14.5. The second-order valence-electron chi connectivity index (χ2n) is 6.13. The molecule has 1 N–H and O–H groups in total. The molecule has 3 rings (SSSR count). The zero-order chi connectivity index (χ0) is 18.7. The first-order valence-corrected chi connectivity index (χ1v) is 8.18. The van der Waals surface area contributed by atoms with Crippen molar-refractivity contribution in [2.45, 2.75) is 13.8 Å². The number of anilines is 1. The van der Waals surface area contributed by atoms with E-state index in [4.69, 9.17) is 0 Å². The molecule has 0 bridgehead atoms. The Bertz CT molecular complexity index is 979. The molecule has 130 valence electrons. The number of aryl methyl sites for hydroxylation is 2. The van der Waals surface area contributed by atoms with E-state index in [-0.39, 0.29) is 11.6 Å². The van der Waals surface area contributed by atoms with E-state index in [0.717, 1.165) is 27.9 Å². The van der Waals surface area contributed by atoms with Gasteiger partial charge in [-0.15, -0.1) is 0 Å². The number of carbonyl (C=O) groups is 1. The van der Waals surface area contributed by atoms with Crippen LogP contribution in [0.15, 0.2) is 66.7 Å². The fourth-order valence-corrected chi connectivity index (χ4v) is 2.81. The fourth-order valence-electron chi connectivity index (χ4n) is 2.81. The Hall–Kier alpha value is -3.47. The molecular formula is C21H18N2O3. The number of nitro benzene ring substituents is 1. The molecule has 0 radical (unpaired) electrons. The summed E-state index contributed by atoms with van der Waals surface area (Å²) in [6.45, 7) is 3.96. The molecule has 0 spiro atoms. The van der Waals surface area contributed by atoms with Gasteiger partial charge in [0.2, 0.25) is 0 Å². The van der Waals surface area contributed by atoms with Crippen LogP contribution in [0.1, 0.15) is 21.5 Å². The number of carbonyl (C=O) groups excluding carboxylic acids is 1. The molecular weight excluding hydrogens is 328 g/mol. The van der Waals surface area contributed by atoms with Gasteiger partial charge in [0.25, 0.3) is 11.6 Å². The summed E-state index contributed by atoms with van der Waals surface area (Å²) in [6, 6.07) is 19.5. The summed E-state index contributed by atoms with van der Waals surface area (Å²) in [4.78, 5) is 22.9. The van der Waals surface area contributed by atoms with Crippen LogP contribution in [0.5, 0.6) is 0 Å². The van der Waals surface area contributed by atoms with Crippen molar-refractivity contribution in [1.82, 2.24) is 0 Å². The number of nitrogens with zero attached hydrogens (tertiary/aromatic N) is 1. The maximum Gasteiger partial charge on any atom is 0.269 e. The number of amides is 1. The first kappa shape index (κ1) is 17.4. The fraction of sp³-hybridized carbons (Fsp3) is 0.0952. The lowest BCUT2D eigenvalue weighted by atomic mass is 9.99. The Morgan fingerprint density at radius 2 is 1.65 bits per heavy atom. The van der Waals surface area contributed by atoms with Crippen molar-refractivity contribution in [3.8, 4) is 11.1 Å². The molecule has 0 atom stereocenters. The number of rotatable bonds is 4. The average molecular weight is 346 g/mol. The molecule has 0 aliphatic heterocycles. The summed E-state index contributed by atoms with van der Waals surface area (Å²) < 4.78 is 0. The standard InChI is InChI=1S/C21H18N2O3/c1-14-5-3-7-17(13-14)19-8-4-6-15(2)20(19)22-21(24)16-9-11-18(12-10-16)23(25)26/h3-13H,1-2H3,(H,22,24). The lowest BCUT2D eigenvalue weighted by molar-refractivity contribution is -0.384. The van der Waals surface area contributed by atoms with Crippen molar-refractivity contribution in [3.63, 3.8) is 0 Å². The van der Waals surface area contributed by atoms with Crippen molar-refractivity contribution >= 4 is 17.3 Å². The molecule has 0 saturated heterocycles. The molecule has 5 nitrogen and oxygen atoms in total. The monoisotopic (exact) mass is 346 g/mol. The van der Waals surface area contributed by atoms with Gasteiger partial charge in [-0.1, -0.05) is 48.0 Å². The van der Waals surface area contributed by atoms with Crippen LogP contribution in [0.4, 0.5) is 11.4 Å². The van der Waals surface area contributed by atoms with Crippen LogP contribution in [0.25, 0.3) is 11.1 Å². The molecule has 0 heterocycles. The van der Waals surface area contributed by atoms with Crippen molar-refractivity contribution in [2.24, 2.45) is 0 Å². The minimum Gasteiger partial charge on any atom is -0.321 e. The van der Waals surface area contributed by atoms with Crippen molar-refractivity contribution in [1.29, 1.82) is 0 Å². The summed E-state index contributed by atoms with van der Waals surface area (Å²) in [5.74, 6) is -0.303. The van der Waals surface area contributed by atoms with E-state index in [1.807, 2.05) is 50.2 Å². The highest BCUT2D eigenvalue weighted by Gasteiger charge is 2.14. The van der Waals surface area contributed by atoms with Crippen molar-refractivity contribution < 1.29 is 9.72 Å². The summed E-state index contributed by atoms with van der Waals surface area (Å²) in [7, 11) is 0. The molecule has 0 aromatic heterocycles. The van der Waals surface area contributed by atoms with Gasteiger partial charge in [0, 0.05) is 23.3 Å². The van der Waals surface area contributed by atoms with E-state index in [0.29, 0.717) is 5.56 Å². The van der Waals surface area contributed by atoms with Crippen LogP contribution in [-0.4, -0.2) is 10.8 Å². The van der Waals surface area contributed by atoms with E-state index in [1.54, 1.807) is 0 Å². The number of nitrogens with one attached hydrogen (secondary N) is 1. The molecule has 0 unspecified atom stereocenters. The molecule has 0 saturated carbocycles. The van der Waals surface area contributed by atoms with Gasteiger partial charge in [0.05, 0.1) is 10.6 Å². The van der Waals surface area contributed by atoms with E-state index >= 15 is 0 Å². The predicted octanol–water partition coefficient (Wildman–Crippen LogP) is 5.13. The van der Waals surface area contributed by atoms with Crippen LogP contribution >= 0.6 is 0 Å². The zero-order valence-electron chi connectivity index (χ0n) is 14.5. The lowest BCUT2D eigenvalue weighted by Gasteiger charge is -2.15. The minimum atomic E-state index is -0.487. The minimum absolute atomic E-state index is 0.0436. The third kappa shape index (κ3) is 3.62. The van der Waals surface area contributed by atoms with Gasteiger partial charge >= 0.3 is 0 Å². The van der Waals surface area contributed by atoms with Gasteiger partial charge < -0.3 is 5.32 Å². The van der Waals surface area contributed by atoms with Gasteiger partial charge in [-0.3, -0.25) is 14.9 Å². The van der Waals surface area contributed by atoms with Gasteiger partial charge in [-0.05, 0) is 37.1 Å². The Morgan fingerprint density at radius 1 is 0.962 bits per heavy atom. The summed E-state index contributed by atoms with van der Waals surface area (Å²) >= 11 is 0. The molecule has 26 heavy (non-hydrogen) atoms. The topological polar surface area (TPSA) is 72.2 Å². The van der Waals surface area contributed by atoms with E-state index < -0.39 is 4.92 Å². The lowest BCUT2D eigenvalue weighted by Crippen LogP contribution is -2.13. The number of para-hydroxylation sites is 1. The van der Waals surface area contributed by atoms with Crippen LogP contribution in [0.2, 0.25) is 0 Å². The number of nitro groups is 1. The molecule has 1 amide bonds. The third-order valence-corrected chi connectivity index (χ3v) is 4.18. The molecule has 0 aliphatic rings. The smallest absolute Gasteiger partial charge is 0.269 e. The van der Waals surface area contributed by atoms with Gasteiger partial charge in [0.1, 0.15) is 0 Å². The average Bonchev–Trinajstić information content (AvgIpc) is 2.63. The van der Waals surface area contributed by atoms with Crippen molar-refractivity contribution in [3.05, 3.63) is 93.5 Å². The third-order valence-electron chi connectivity index (χ3n) is 4.18. The quantitative estimate of drug-likeness (QED) is 0.526. The highest BCUT2D eigenvalue weighted by molar-refractivity contribution is 6.07. The number of hydrogen-bond acceptors (Lipinski definition) is 3. The van der Waals surface area contributed by atoms with E-state index in [2.05, 4.69) is 11.4 Å². The van der Waals surface area contributed by atoms with Crippen molar-refractivity contribution in [2.75, 3.05) is 5.32 Å². The summed E-state index contributed by atoms with van der Waals surface area (Å²) in [5.41, 5.74) is 5.10. The molecule has 3 aromatic carbocycles. The van der Waals surface area contributed by atoms with Gasteiger partial charge in [-0.2, -0.15) is 0 Å². The van der Waals surface area contributed by atoms with E-state index in [9.17, 15) is 14.9 Å². The summed E-state index contributed by atoms with van der Waals surface area (Å²) in [5, 5.41) is 13.7. The Kier molecular flexibility index (Phi) is 4.80. The highest BCUT2D eigenvalue weighted by Crippen LogP contribution is 2.31. The summed E-state index contributed by atoms with van der Waals surface area (Å²) in [6.07, 6.45) is 0. The molecule has 0 fully saturated rings. The number of hydrogen-bond donors (Lipinski definition) is 1. The normalized spacial score (nSPS) is 10.4. The Morgan fingerprint density at radius 3 is 2.31 bits per heavy atom. The first-order chi connectivity index (χ1) is 12.5.